The highest BCUT2D eigenvalue weighted by Gasteiger charge is 2.17. The summed E-state index contributed by atoms with van der Waals surface area (Å²) in [6.45, 7) is 1.23. The molecule has 7 heteroatoms. The second-order valence-corrected chi connectivity index (χ2v) is 3.61. The Kier molecular flexibility index (Phi) is 3.25. The summed E-state index contributed by atoms with van der Waals surface area (Å²) >= 11 is 2.95. The van der Waals surface area contributed by atoms with Crippen molar-refractivity contribution in [1.29, 1.82) is 0 Å². The zero-order chi connectivity index (χ0) is 11.6. The SMILES string of the molecule is CC(=O)Nc1cc(O)c(Br)cc1[N+](=O)[O-]. The fourth-order valence-corrected chi connectivity index (χ4v) is 1.32. The van der Waals surface area contributed by atoms with Crippen molar-refractivity contribution in [3.8, 4) is 5.75 Å². The van der Waals surface area contributed by atoms with E-state index in [0.717, 1.165) is 12.1 Å². The molecule has 1 amide bonds. The Bertz CT molecular complexity index is 433. The number of rotatable bonds is 2. The van der Waals surface area contributed by atoms with Crippen molar-refractivity contribution < 1.29 is 14.8 Å². The van der Waals surface area contributed by atoms with Crippen LogP contribution in [0.5, 0.6) is 5.75 Å². The number of carbonyl (C=O) groups is 1. The first kappa shape index (κ1) is 11.4. The van der Waals surface area contributed by atoms with Crippen molar-refractivity contribution in [2.45, 2.75) is 6.92 Å². The molecule has 0 heterocycles. The van der Waals surface area contributed by atoms with Gasteiger partial charge in [-0.15, -0.1) is 0 Å². The minimum absolute atomic E-state index is 0.0341. The summed E-state index contributed by atoms with van der Waals surface area (Å²) in [6, 6.07) is 2.24. The van der Waals surface area contributed by atoms with E-state index in [1.54, 1.807) is 0 Å². The van der Waals surface area contributed by atoms with Gasteiger partial charge in [-0.25, -0.2) is 0 Å². The van der Waals surface area contributed by atoms with Crippen molar-refractivity contribution in [2.24, 2.45) is 0 Å². The minimum Gasteiger partial charge on any atom is -0.507 e. The van der Waals surface area contributed by atoms with Crippen LogP contribution in [0.15, 0.2) is 16.6 Å². The van der Waals surface area contributed by atoms with Gasteiger partial charge < -0.3 is 10.4 Å². The number of phenols is 1. The standard InChI is InChI=1S/C8H7BrN2O4/c1-4(12)10-6-3-8(13)5(9)2-7(6)11(14)15/h2-3,13H,1H3,(H,10,12). The maximum absolute atomic E-state index is 10.8. The first-order valence-electron chi connectivity index (χ1n) is 3.86. The van der Waals surface area contributed by atoms with Gasteiger partial charge in [0.15, 0.2) is 0 Å². The number of nitro benzene ring substituents is 1. The van der Waals surface area contributed by atoms with E-state index in [-0.39, 0.29) is 21.6 Å². The summed E-state index contributed by atoms with van der Waals surface area (Å²) in [5, 5.41) is 22.2. The number of halogens is 1. The van der Waals surface area contributed by atoms with E-state index in [2.05, 4.69) is 21.2 Å². The Hall–Kier alpha value is -1.63. The van der Waals surface area contributed by atoms with Crippen LogP contribution in [0.2, 0.25) is 0 Å². The van der Waals surface area contributed by atoms with Gasteiger partial charge in [-0.05, 0) is 15.9 Å². The summed E-state index contributed by atoms with van der Waals surface area (Å²) in [5.41, 5.74) is -0.317. The molecule has 6 nitrogen and oxygen atoms in total. The molecule has 1 aromatic rings. The van der Waals surface area contributed by atoms with Crippen molar-refractivity contribution in [1.82, 2.24) is 0 Å². The number of carbonyl (C=O) groups excluding carboxylic acids is 1. The Morgan fingerprint density at radius 3 is 2.67 bits per heavy atom. The fourth-order valence-electron chi connectivity index (χ4n) is 0.992. The molecule has 0 aromatic heterocycles. The number of amides is 1. The molecule has 1 aromatic carbocycles. The summed E-state index contributed by atoms with van der Waals surface area (Å²) in [6.07, 6.45) is 0. The lowest BCUT2D eigenvalue weighted by Gasteiger charge is -2.05. The van der Waals surface area contributed by atoms with Gasteiger partial charge in [0, 0.05) is 19.1 Å². The molecule has 0 aliphatic heterocycles. The maximum atomic E-state index is 10.8. The van der Waals surface area contributed by atoms with Gasteiger partial charge in [0.25, 0.3) is 5.69 Å². The normalized spacial score (nSPS) is 9.73. The molecule has 0 unspecified atom stereocenters. The van der Waals surface area contributed by atoms with Gasteiger partial charge in [0.05, 0.1) is 9.40 Å². The molecule has 2 N–H and O–H groups in total. The second-order valence-electron chi connectivity index (χ2n) is 2.76. The van der Waals surface area contributed by atoms with Gasteiger partial charge in [0.2, 0.25) is 5.91 Å². The van der Waals surface area contributed by atoms with Gasteiger partial charge >= 0.3 is 0 Å². The van der Waals surface area contributed by atoms with Crippen LogP contribution in [0.3, 0.4) is 0 Å². The van der Waals surface area contributed by atoms with E-state index >= 15 is 0 Å². The molecular formula is C8H7BrN2O4. The number of phenolic OH excluding ortho intramolecular Hbond substituents is 1. The molecule has 80 valence electrons. The average Bonchev–Trinajstić information content (AvgIpc) is 2.09. The van der Waals surface area contributed by atoms with Crippen LogP contribution in [0.25, 0.3) is 0 Å². The van der Waals surface area contributed by atoms with Crippen LogP contribution in [0.4, 0.5) is 11.4 Å². The number of nitro groups is 1. The highest BCUT2D eigenvalue weighted by molar-refractivity contribution is 9.10. The van der Waals surface area contributed by atoms with Gasteiger partial charge in [-0.2, -0.15) is 0 Å². The highest BCUT2D eigenvalue weighted by atomic mass is 79.9. The highest BCUT2D eigenvalue weighted by Crippen LogP contribution is 2.35. The first-order valence-corrected chi connectivity index (χ1v) is 4.65. The molecular weight excluding hydrogens is 268 g/mol. The number of hydrogen-bond acceptors (Lipinski definition) is 4. The smallest absolute Gasteiger partial charge is 0.294 e. The third-order valence-electron chi connectivity index (χ3n) is 1.57. The van der Waals surface area contributed by atoms with Gasteiger partial charge in [-0.3, -0.25) is 14.9 Å². The van der Waals surface area contributed by atoms with Crippen LogP contribution >= 0.6 is 15.9 Å². The predicted molar refractivity (Wildman–Crippen MR) is 56.8 cm³/mol. The summed E-state index contributed by atoms with van der Waals surface area (Å²) in [4.78, 5) is 20.7. The fraction of sp³-hybridized carbons (Fsp3) is 0.125. The van der Waals surface area contributed by atoms with Crippen molar-refractivity contribution in [2.75, 3.05) is 5.32 Å². The number of anilines is 1. The van der Waals surface area contributed by atoms with E-state index in [9.17, 15) is 20.0 Å². The molecule has 0 saturated carbocycles. The molecule has 0 radical (unpaired) electrons. The number of nitrogens with zero attached hydrogens (tertiary/aromatic N) is 1. The summed E-state index contributed by atoms with van der Waals surface area (Å²) in [5.74, 6) is -0.621. The lowest BCUT2D eigenvalue weighted by atomic mass is 10.2. The molecule has 1 rings (SSSR count). The van der Waals surface area contributed by atoms with Gasteiger partial charge in [-0.1, -0.05) is 0 Å². The zero-order valence-electron chi connectivity index (χ0n) is 7.65. The Balaban J connectivity index is 3.28. The van der Waals surface area contributed by atoms with Crippen LogP contribution in [-0.4, -0.2) is 15.9 Å². The molecule has 0 bridgehead atoms. The van der Waals surface area contributed by atoms with E-state index in [1.807, 2.05) is 0 Å². The lowest BCUT2D eigenvalue weighted by Crippen LogP contribution is -2.07. The molecule has 15 heavy (non-hydrogen) atoms. The molecule has 0 spiro atoms. The van der Waals surface area contributed by atoms with E-state index in [4.69, 9.17) is 0 Å². The lowest BCUT2D eigenvalue weighted by molar-refractivity contribution is -0.384. The summed E-state index contributed by atoms with van der Waals surface area (Å²) in [7, 11) is 0. The van der Waals surface area contributed by atoms with Crippen LogP contribution in [0.1, 0.15) is 6.92 Å². The third-order valence-corrected chi connectivity index (χ3v) is 2.21. The van der Waals surface area contributed by atoms with Crippen molar-refractivity contribution in [3.63, 3.8) is 0 Å². The molecule has 0 fully saturated rings. The largest absolute Gasteiger partial charge is 0.507 e. The van der Waals surface area contributed by atoms with Crippen LogP contribution in [0, 0.1) is 10.1 Å². The quantitative estimate of drug-likeness (QED) is 0.637. The number of nitrogens with one attached hydrogen (secondary N) is 1. The topological polar surface area (TPSA) is 92.5 Å². The van der Waals surface area contributed by atoms with Crippen molar-refractivity contribution in [3.05, 3.63) is 26.7 Å². The second kappa shape index (κ2) is 4.26. The summed E-state index contributed by atoms with van der Waals surface area (Å²) < 4.78 is 0.198. The van der Waals surface area contributed by atoms with Gasteiger partial charge in [0.1, 0.15) is 11.4 Å². The van der Waals surface area contributed by atoms with Crippen molar-refractivity contribution >= 4 is 33.2 Å². The Labute approximate surface area is 93.2 Å². The van der Waals surface area contributed by atoms with Crippen LogP contribution in [-0.2, 0) is 4.79 Å². The van der Waals surface area contributed by atoms with E-state index in [1.165, 1.54) is 6.92 Å². The Morgan fingerprint density at radius 2 is 2.20 bits per heavy atom. The number of benzene rings is 1. The monoisotopic (exact) mass is 274 g/mol. The minimum atomic E-state index is -0.643. The van der Waals surface area contributed by atoms with E-state index < -0.39 is 10.8 Å². The maximum Gasteiger partial charge on any atom is 0.294 e. The molecule has 0 atom stereocenters. The molecule has 0 saturated heterocycles. The number of aromatic hydroxyl groups is 1. The van der Waals surface area contributed by atoms with Crippen LogP contribution < -0.4 is 5.32 Å². The number of hydrogen-bond donors (Lipinski definition) is 2. The predicted octanol–water partition coefficient (Wildman–Crippen LogP) is 2.02. The zero-order valence-corrected chi connectivity index (χ0v) is 9.24. The molecule has 0 aliphatic carbocycles. The Morgan fingerprint density at radius 1 is 1.60 bits per heavy atom. The average molecular weight is 275 g/mol. The first-order chi connectivity index (χ1) is 6.91. The molecule has 0 aliphatic rings. The van der Waals surface area contributed by atoms with E-state index in [0.29, 0.717) is 0 Å². The third kappa shape index (κ3) is 2.66.